The van der Waals surface area contributed by atoms with Crippen molar-refractivity contribution in [3.63, 3.8) is 0 Å². The van der Waals surface area contributed by atoms with Gasteiger partial charge in [0.1, 0.15) is 0 Å². The summed E-state index contributed by atoms with van der Waals surface area (Å²) in [6.45, 7) is 0.288. The monoisotopic (exact) mass is 343 g/mol. The third-order valence-corrected chi connectivity index (χ3v) is 4.74. The first-order chi connectivity index (χ1) is 10.8. The fourth-order valence-electron chi connectivity index (χ4n) is 1.62. The van der Waals surface area contributed by atoms with Crippen LogP contribution in [0.2, 0.25) is 0 Å². The van der Waals surface area contributed by atoms with Gasteiger partial charge in [-0.2, -0.15) is 9.59 Å². The van der Waals surface area contributed by atoms with Crippen molar-refractivity contribution in [1.29, 1.82) is 0 Å². The van der Waals surface area contributed by atoms with Gasteiger partial charge in [0.25, 0.3) is 0 Å². The van der Waals surface area contributed by atoms with Gasteiger partial charge in [-0.15, -0.1) is 0 Å². The highest BCUT2D eigenvalue weighted by Gasteiger charge is 2.29. The summed E-state index contributed by atoms with van der Waals surface area (Å²) in [4.78, 5) is 36.4. The number of benzene rings is 1. The molecule has 0 saturated heterocycles. The van der Waals surface area contributed by atoms with Crippen LogP contribution in [0, 0.1) is 0 Å². The maximum Gasteiger partial charge on any atom is 0.373 e. The van der Waals surface area contributed by atoms with Crippen molar-refractivity contribution in [2.45, 2.75) is 12.3 Å². The van der Waals surface area contributed by atoms with Crippen LogP contribution in [0.1, 0.15) is 23.4 Å². The zero-order chi connectivity index (χ0) is 17.9. The molecule has 2 unspecified atom stereocenters. The Morgan fingerprint density at radius 2 is 1.83 bits per heavy atom. The first kappa shape index (κ1) is 20.9. The Hall–Kier alpha value is -2.08. The molecule has 1 aromatic rings. The number of hydrogen-bond donors (Lipinski definition) is 4. The fraction of sp³-hybridized carbons (Fsp3) is 0.286. The van der Waals surface area contributed by atoms with Gasteiger partial charge in [-0.25, -0.2) is 4.79 Å². The van der Waals surface area contributed by atoms with Gasteiger partial charge in [0.15, 0.2) is 5.85 Å². The lowest BCUT2D eigenvalue weighted by atomic mass is 10.1. The Kier molecular flexibility index (Phi) is 9.65. The van der Waals surface area contributed by atoms with E-state index in [2.05, 4.69) is 0 Å². The molecule has 0 aliphatic heterocycles. The summed E-state index contributed by atoms with van der Waals surface area (Å²) in [6.07, 6.45) is 2.96. The lowest BCUT2D eigenvalue weighted by Crippen LogP contribution is -2.07. The Morgan fingerprint density at radius 1 is 1.30 bits per heavy atom. The Bertz CT molecular complexity index is 606. The number of rotatable bonds is 7. The Labute approximate surface area is 132 Å². The quantitative estimate of drug-likeness (QED) is 0.419. The molecule has 23 heavy (non-hydrogen) atoms. The van der Waals surface area contributed by atoms with Crippen LogP contribution in [0.4, 0.5) is 0 Å². The van der Waals surface area contributed by atoms with E-state index in [1.807, 2.05) is 0 Å². The molecule has 0 bridgehead atoms. The molecule has 0 aliphatic rings. The number of aliphatic hydroxyl groups excluding tert-OH is 1. The van der Waals surface area contributed by atoms with E-state index in [0.29, 0.717) is 17.5 Å². The highest BCUT2D eigenvalue weighted by Crippen LogP contribution is 2.54. The van der Waals surface area contributed by atoms with Crippen LogP contribution in [0.15, 0.2) is 30.3 Å². The third-order valence-electron chi connectivity index (χ3n) is 2.72. The average molecular weight is 343 g/mol. The molecule has 0 fully saturated rings. The second kappa shape index (κ2) is 10.6. The molecule has 2 atom stereocenters. The average Bonchev–Trinajstić information content (AvgIpc) is 2.51. The molecular weight excluding hydrogens is 325 g/mol. The normalized spacial score (nSPS) is 14.2. The zero-order valence-electron chi connectivity index (χ0n) is 12.2. The number of carboxylic acids is 1. The summed E-state index contributed by atoms with van der Waals surface area (Å²) in [5.41, 5.74) is 6.23. The minimum atomic E-state index is -3.70. The van der Waals surface area contributed by atoms with E-state index in [9.17, 15) is 19.4 Å². The molecule has 0 aliphatic carbocycles. The van der Waals surface area contributed by atoms with Gasteiger partial charge < -0.3 is 20.8 Å². The van der Waals surface area contributed by atoms with E-state index in [-0.39, 0.29) is 18.9 Å². The van der Waals surface area contributed by atoms with E-state index in [4.69, 9.17) is 20.4 Å². The molecule has 0 spiro atoms. The summed E-state index contributed by atoms with van der Waals surface area (Å²) in [7, 11) is -3.70. The van der Waals surface area contributed by atoms with E-state index in [1.54, 1.807) is 12.1 Å². The summed E-state index contributed by atoms with van der Waals surface area (Å²) >= 11 is 0. The SMILES string of the molecule is NCCCP(=O)(O)C(O)c1ccc(/C=C/C(=O)O)cc1.O=C=O. The second-order valence-corrected chi connectivity index (χ2v) is 6.86. The summed E-state index contributed by atoms with van der Waals surface area (Å²) in [5.74, 6) is -2.51. The van der Waals surface area contributed by atoms with Crippen molar-refractivity contribution < 1.29 is 34.1 Å². The van der Waals surface area contributed by atoms with Crippen LogP contribution < -0.4 is 5.73 Å². The van der Waals surface area contributed by atoms with E-state index in [1.165, 1.54) is 18.2 Å². The largest absolute Gasteiger partial charge is 0.478 e. The van der Waals surface area contributed by atoms with Crippen LogP contribution in [0.5, 0.6) is 0 Å². The van der Waals surface area contributed by atoms with E-state index >= 15 is 0 Å². The molecule has 0 amide bonds. The summed E-state index contributed by atoms with van der Waals surface area (Å²) in [5, 5.41) is 18.4. The van der Waals surface area contributed by atoms with E-state index in [0.717, 1.165) is 6.08 Å². The molecule has 0 heterocycles. The van der Waals surface area contributed by atoms with Gasteiger partial charge in [-0.1, -0.05) is 24.3 Å². The molecule has 1 rings (SSSR count). The minimum Gasteiger partial charge on any atom is -0.478 e. The van der Waals surface area contributed by atoms with Crippen LogP contribution in [0.3, 0.4) is 0 Å². The number of nitrogens with two attached hydrogens (primary N) is 1. The Balaban J connectivity index is 0.00000149. The third kappa shape index (κ3) is 8.21. The van der Waals surface area contributed by atoms with Gasteiger partial charge in [0.05, 0.1) is 0 Å². The first-order valence-electron chi connectivity index (χ1n) is 6.48. The summed E-state index contributed by atoms with van der Waals surface area (Å²) in [6, 6.07) is 6.14. The molecule has 126 valence electrons. The molecule has 5 N–H and O–H groups in total. The van der Waals surface area contributed by atoms with Crippen molar-refractivity contribution in [2.75, 3.05) is 12.7 Å². The van der Waals surface area contributed by atoms with Crippen molar-refractivity contribution >= 4 is 25.6 Å². The minimum absolute atomic E-state index is 0.0364. The predicted octanol–water partition coefficient (Wildman–Crippen LogP) is 0.811. The summed E-state index contributed by atoms with van der Waals surface area (Å²) < 4.78 is 11.9. The van der Waals surface area contributed by atoms with Crippen LogP contribution in [-0.2, 0) is 18.9 Å². The van der Waals surface area contributed by atoms with Crippen molar-refractivity contribution in [3.05, 3.63) is 41.5 Å². The molecule has 0 radical (unpaired) electrons. The number of carbonyl (C=O) groups is 1. The maximum absolute atomic E-state index is 11.9. The molecule has 9 heteroatoms. The molecular formula is C14H18NO7P. The standard InChI is InChI=1S/C13H18NO5P.CO2/c14-8-1-9-20(18,19)13(17)11-5-2-10(3-6-11)4-7-12(15)16;2-1-3/h2-7,13,17H,1,8-9,14H2,(H,15,16)(H,18,19);/b7-4+;. The second-order valence-electron chi connectivity index (χ2n) is 4.42. The lowest BCUT2D eigenvalue weighted by Gasteiger charge is -2.18. The number of carboxylic acid groups (broad SMARTS) is 1. The van der Waals surface area contributed by atoms with Crippen LogP contribution in [-0.4, -0.2) is 39.9 Å². The maximum atomic E-state index is 11.9. The molecule has 1 aromatic carbocycles. The smallest absolute Gasteiger partial charge is 0.373 e. The van der Waals surface area contributed by atoms with Crippen molar-refractivity contribution in [3.8, 4) is 0 Å². The van der Waals surface area contributed by atoms with Gasteiger partial charge in [-0.05, 0) is 30.2 Å². The first-order valence-corrected chi connectivity index (χ1v) is 8.39. The van der Waals surface area contributed by atoms with E-state index < -0.39 is 19.2 Å². The van der Waals surface area contributed by atoms with Gasteiger partial charge in [0, 0.05) is 12.2 Å². The molecule has 0 saturated carbocycles. The number of carbonyl (C=O) groups excluding carboxylic acids is 2. The topological polar surface area (TPSA) is 155 Å². The van der Waals surface area contributed by atoms with Gasteiger partial charge in [-0.3, -0.25) is 4.57 Å². The predicted molar refractivity (Wildman–Crippen MR) is 81.4 cm³/mol. The highest BCUT2D eigenvalue weighted by molar-refractivity contribution is 7.58. The fourth-order valence-corrected chi connectivity index (χ4v) is 3.14. The highest BCUT2D eigenvalue weighted by atomic mass is 31.2. The number of aliphatic carboxylic acids is 1. The zero-order valence-corrected chi connectivity index (χ0v) is 13.1. The molecule has 0 aromatic heterocycles. The van der Waals surface area contributed by atoms with Crippen LogP contribution >= 0.6 is 7.37 Å². The van der Waals surface area contributed by atoms with Gasteiger partial charge >= 0.3 is 12.1 Å². The lowest BCUT2D eigenvalue weighted by molar-refractivity contribution is -0.191. The van der Waals surface area contributed by atoms with Crippen LogP contribution in [0.25, 0.3) is 6.08 Å². The van der Waals surface area contributed by atoms with Crippen molar-refractivity contribution in [1.82, 2.24) is 0 Å². The number of hydrogen-bond acceptors (Lipinski definition) is 6. The van der Waals surface area contributed by atoms with Gasteiger partial charge in [0.2, 0.25) is 7.37 Å². The Morgan fingerprint density at radius 3 is 2.26 bits per heavy atom. The van der Waals surface area contributed by atoms with Crippen molar-refractivity contribution in [2.24, 2.45) is 5.73 Å². The molecule has 8 nitrogen and oxygen atoms in total. The number of aliphatic hydroxyl groups is 1.